The number of carbonyl (C=O) groups excluding carboxylic acids is 2. The molecule has 1 aromatic heterocycles. The predicted octanol–water partition coefficient (Wildman–Crippen LogP) is 4.78. The van der Waals surface area contributed by atoms with Gasteiger partial charge in [0.15, 0.2) is 0 Å². The average Bonchev–Trinajstić information content (AvgIpc) is 3.11. The van der Waals surface area contributed by atoms with Gasteiger partial charge in [0.1, 0.15) is 4.21 Å². The molecule has 0 aliphatic carbocycles. The lowest BCUT2D eigenvalue weighted by Crippen LogP contribution is -2.33. The molecule has 3 rings (SSSR count). The first kappa shape index (κ1) is 21.8. The number of thiophene rings is 1. The van der Waals surface area contributed by atoms with Gasteiger partial charge in [-0.3, -0.25) is 4.79 Å². The summed E-state index contributed by atoms with van der Waals surface area (Å²) in [7, 11) is -4.01. The predicted molar refractivity (Wildman–Crippen MR) is 119 cm³/mol. The highest BCUT2D eigenvalue weighted by Crippen LogP contribution is 2.25. The van der Waals surface area contributed by atoms with E-state index in [4.69, 9.17) is 11.6 Å². The van der Waals surface area contributed by atoms with Crippen molar-refractivity contribution in [2.45, 2.75) is 18.1 Å². The van der Waals surface area contributed by atoms with Crippen molar-refractivity contribution >= 4 is 56.3 Å². The molecular weight excluding hydrogens is 446 g/mol. The Hall–Kier alpha value is -2.88. The number of anilines is 2. The van der Waals surface area contributed by atoms with E-state index in [-0.39, 0.29) is 10.1 Å². The third kappa shape index (κ3) is 5.38. The van der Waals surface area contributed by atoms with Crippen molar-refractivity contribution in [3.8, 4) is 0 Å². The van der Waals surface area contributed by atoms with Gasteiger partial charge in [-0.25, -0.2) is 17.9 Å². The number of rotatable bonds is 5. The summed E-state index contributed by atoms with van der Waals surface area (Å²) in [6, 6.07) is 13.8. The van der Waals surface area contributed by atoms with Crippen molar-refractivity contribution in [1.29, 1.82) is 0 Å². The second kappa shape index (κ2) is 8.86. The topological polar surface area (TPSA) is 104 Å². The van der Waals surface area contributed by atoms with E-state index < -0.39 is 16.1 Å². The Morgan fingerprint density at radius 1 is 0.933 bits per heavy atom. The Bertz CT molecular complexity index is 1210. The van der Waals surface area contributed by atoms with Crippen LogP contribution in [0.2, 0.25) is 4.34 Å². The van der Waals surface area contributed by atoms with Gasteiger partial charge < -0.3 is 10.6 Å². The molecule has 0 radical (unpaired) electrons. The molecule has 7 nitrogen and oxygen atoms in total. The van der Waals surface area contributed by atoms with Crippen molar-refractivity contribution < 1.29 is 18.0 Å². The Morgan fingerprint density at radius 3 is 2.23 bits per heavy atom. The molecule has 0 aliphatic heterocycles. The summed E-state index contributed by atoms with van der Waals surface area (Å²) < 4.78 is 26.5. The Kier molecular flexibility index (Phi) is 6.45. The first-order valence-corrected chi connectivity index (χ1v) is 11.4. The van der Waals surface area contributed by atoms with E-state index >= 15 is 0 Å². The lowest BCUT2D eigenvalue weighted by atomic mass is 10.1. The fraction of sp³-hybridized carbons (Fsp3) is 0.100. The quantitative estimate of drug-likeness (QED) is 0.506. The number of halogens is 1. The summed E-state index contributed by atoms with van der Waals surface area (Å²) in [5.74, 6) is -0.253. The van der Waals surface area contributed by atoms with Crippen LogP contribution < -0.4 is 15.4 Å². The Balaban J connectivity index is 1.65. The number of carbonyl (C=O) groups is 2. The number of urea groups is 1. The summed E-state index contributed by atoms with van der Waals surface area (Å²) >= 11 is 6.59. The fourth-order valence-electron chi connectivity index (χ4n) is 2.55. The van der Waals surface area contributed by atoms with E-state index in [1.165, 1.54) is 12.1 Å². The summed E-state index contributed by atoms with van der Waals surface area (Å²) in [4.78, 5) is 24.5. The van der Waals surface area contributed by atoms with Crippen LogP contribution in [-0.2, 0) is 10.0 Å². The normalized spacial score (nSPS) is 11.0. The standard InChI is InChI=1S/C20H18ClN3O4S2/c1-12-3-5-14(6-4-12)19(25)23-16-8-7-15(11-13(16)2)22-20(26)24-30(27,28)18-10-9-17(21)29-18/h3-11H,1-2H3,(H,23,25)(H2,22,24,26). The van der Waals surface area contributed by atoms with Crippen LogP contribution in [0.1, 0.15) is 21.5 Å². The van der Waals surface area contributed by atoms with Crippen LogP contribution in [-0.4, -0.2) is 20.4 Å². The largest absolute Gasteiger partial charge is 0.333 e. The lowest BCUT2D eigenvalue weighted by Gasteiger charge is -2.12. The summed E-state index contributed by atoms with van der Waals surface area (Å²) in [6.45, 7) is 3.70. The molecule has 0 atom stereocenters. The van der Waals surface area contributed by atoms with Crippen LogP contribution in [0.15, 0.2) is 58.8 Å². The van der Waals surface area contributed by atoms with Gasteiger partial charge in [-0.05, 0) is 61.9 Å². The maximum Gasteiger partial charge on any atom is 0.333 e. The van der Waals surface area contributed by atoms with Crippen molar-refractivity contribution in [2.24, 2.45) is 0 Å². The monoisotopic (exact) mass is 463 g/mol. The van der Waals surface area contributed by atoms with Crippen LogP contribution in [0.5, 0.6) is 0 Å². The Labute approximate surface area is 183 Å². The van der Waals surface area contributed by atoms with E-state index in [1.807, 2.05) is 23.8 Å². The number of nitrogens with one attached hydrogen (secondary N) is 3. The molecule has 3 amide bonds. The van der Waals surface area contributed by atoms with Gasteiger partial charge in [-0.2, -0.15) is 0 Å². The van der Waals surface area contributed by atoms with Gasteiger partial charge in [-0.1, -0.05) is 29.3 Å². The molecule has 0 unspecified atom stereocenters. The van der Waals surface area contributed by atoms with E-state index in [0.717, 1.165) is 16.9 Å². The van der Waals surface area contributed by atoms with E-state index in [9.17, 15) is 18.0 Å². The molecule has 0 aliphatic rings. The minimum atomic E-state index is -4.01. The maximum absolute atomic E-state index is 12.4. The molecule has 3 aromatic rings. The molecule has 0 spiro atoms. The molecule has 0 fully saturated rings. The highest BCUT2D eigenvalue weighted by molar-refractivity contribution is 7.92. The molecule has 10 heteroatoms. The van der Waals surface area contributed by atoms with Gasteiger partial charge in [0.05, 0.1) is 4.34 Å². The molecule has 30 heavy (non-hydrogen) atoms. The van der Waals surface area contributed by atoms with Crippen LogP contribution in [0.3, 0.4) is 0 Å². The fourth-order valence-corrected chi connectivity index (χ4v) is 4.94. The second-order valence-electron chi connectivity index (χ2n) is 6.47. The van der Waals surface area contributed by atoms with Gasteiger partial charge in [-0.15, -0.1) is 11.3 Å². The number of benzene rings is 2. The SMILES string of the molecule is Cc1ccc(C(=O)Nc2ccc(NC(=O)NS(=O)(=O)c3ccc(Cl)s3)cc2C)cc1. The molecule has 156 valence electrons. The van der Waals surface area contributed by atoms with Gasteiger partial charge in [0.2, 0.25) is 0 Å². The maximum atomic E-state index is 12.4. The van der Waals surface area contributed by atoms with E-state index in [2.05, 4.69) is 10.6 Å². The van der Waals surface area contributed by atoms with Crippen molar-refractivity contribution in [1.82, 2.24) is 4.72 Å². The van der Waals surface area contributed by atoms with Gasteiger partial charge >= 0.3 is 6.03 Å². The zero-order valence-corrected chi connectivity index (χ0v) is 18.4. The van der Waals surface area contributed by atoms with Crippen LogP contribution in [0, 0.1) is 13.8 Å². The molecule has 0 saturated heterocycles. The van der Waals surface area contributed by atoms with Crippen LogP contribution in [0.25, 0.3) is 0 Å². The number of aryl methyl sites for hydroxylation is 2. The molecular formula is C20H18ClN3O4S2. The molecule has 0 bridgehead atoms. The lowest BCUT2D eigenvalue weighted by molar-refractivity contribution is 0.102. The number of hydrogen-bond donors (Lipinski definition) is 3. The number of sulfonamides is 1. The second-order valence-corrected chi connectivity index (χ2v) is 10.1. The molecule has 0 saturated carbocycles. The summed E-state index contributed by atoms with van der Waals surface area (Å²) in [5.41, 5.74) is 3.23. The first-order chi connectivity index (χ1) is 14.1. The first-order valence-electron chi connectivity index (χ1n) is 8.72. The zero-order chi connectivity index (χ0) is 21.9. The minimum Gasteiger partial charge on any atom is -0.322 e. The highest BCUT2D eigenvalue weighted by Gasteiger charge is 2.20. The molecule has 2 aromatic carbocycles. The molecule has 3 N–H and O–H groups in total. The number of hydrogen-bond acceptors (Lipinski definition) is 5. The smallest absolute Gasteiger partial charge is 0.322 e. The minimum absolute atomic E-state index is 0.0620. The van der Waals surface area contributed by atoms with E-state index in [0.29, 0.717) is 26.8 Å². The Morgan fingerprint density at radius 2 is 1.63 bits per heavy atom. The van der Waals surface area contributed by atoms with Crippen molar-refractivity contribution in [2.75, 3.05) is 10.6 Å². The van der Waals surface area contributed by atoms with Gasteiger partial charge in [0.25, 0.3) is 15.9 Å². The van der Waals surface area contributed by atoms with Crippen LogP contribution >= 0.6 is 22.9 Å². The van der Waals surface area contributed by atoms with Crippen molar-refractivity contribution in [3.63, 3.8) is 0 Å². The summed E-state index contributed by atoms with van der Waals surface area (Å²) in [5, 5.41) is 5.28. The third-order valence-corrected chi connectivity index (χ3v) is 7.14. The summed E-state index contributed by atoms with van der Waals surface area (Å²) in [6.07, 6.45) is 0. The van der Waals surface area contributed by atoms with Crippen molar-refractivity contribution in [3.05, 3.63) is 75.6 Å². The average molecular weight is 464 g/mol. The third-order valence-electron chi connectivity index (χ3n) is 4.09. The van der Waals surface area contributed by atoms with Crippen LogP contribution in [0.4, 0.5) is 16.2 Å². The highest BCUT2D eigenvalue weighted by atomic mass is 35.5. The van der Waals surface area contributed by atoms with Gasteiger partial charge in [0, 0.05) is 16.9 Å². The van der Waals surface area contributed by atoms with E-state index in [1.54, 1.807) is 37.3 Å². The molecule has 1 heterocycles. The zero-order valence-electron chi connectivity index (χ0n) is 16.0. The number of amides is 3.